The van der Waals surface area contributed by atoms with Crippen LogP contribution in [0.5, 0.6) is 0 Å². The Kier molecular flexibility index (Phi) is 4.22. The van der Waals surface area contributed by atoms with Gasteiger partial charge in [0.15, 0.2) is 0 Å². The van der Waals surface area contributed by atoms with Crippen molar-refractivity contribution >= 4 is 39.1 Å². The highest BCUT2D eigenvalue weighted by molar-refractivity contribution is 9.10. The molecule has 2 aromatic rings. The summed E-state index contributed by atoms with van der Waals surface area (Å²) < 4.78 is 13.8. The van der Waals surface area contributed by atoms with Gasteiger partial charge in [0, 0.05) is 4.47 Å². The van der Waals surface area contributed by atoms with E-state index in [1.807, 2.05) is 13.0 Å². The molecular weight excluding hydrogens is 333 g/mol. The highest BCUT2D eigenvalue weighted by Crippen LogP contribution is 2.25. The fraction of sp³-hybridized carbons (Fsp3) is 0.0714. The first-order valence-electron chi connectivity index (χ1n) is 5.50. The van der Waals surface area contributed by atoms with Crippen molar-refractivity contribution in [3.63, 3.8) is 0 Å². The highest BCUT2D eigenvalue weighted by Gasteiger charge is 2.13. The summed E-state index contributed by atoms with van der Waals surface area (Å²) in [5, 5.41) is 2.88. The molecule has 19 heavy (non-hydrogen) atoms. The van der Waals surface area contributed by atoms with Crippen molar-refractivity contribution in [2.75, 3.05) is 5.32 Å². The lowest BCUT2D eigenvalue weighted by Crippen LogP contribution is -2.13. The minimum absolute atomic E-state index is 0.250. The third-order valence-corrected chi connectivity index (χ3v) is 4.00. The Hall–Kier alpha value is -1.39. The van der Waals surface area contributed by atoms with Crippen molar-refractivity contribution in [2.24, 2.45) is 0 Å². The Balaban J connectivity index is 2.31. The van der Waals surface area contributed by atoms with Gasteiger partial charge >= 0.3 is 0 Å². The molecule has 0 heterocycles. The van der Waals surface area contributed by atoms with Crippen LogP contribution in [0.25, 0.3) is 0 Å². The van der Waals surface area contributed by atoms with Crippen LogP contribution in [0.4, 0.5) is 10.1 Å². The van der Waals surface area contributed by atoms with E-state index in [1.165, 1.54) is 18.2 Å². The van der Waals surface area contributed by atoms with Crippen molar-refractivity contribution in [3.05, 3.63) is 62.8 Å². The maximum absolute atomic E-state index is 13.1. The predicted octanol–water partition coefficient (Wildman–Crippen LogP) is 4.80. The zero-order chi connectivity index (χ0) is 14.0. The van der Waals surface area contributed by atoms with Gasteiger partial charge in [0.1, 0.15) is 5.82 Å². The average Bonchev–Trinajstić information content (AvgIpc) is 2.37. The van der Waals surface area contributed by atoms with E-state index >= 15 is 0 Å². The monoisotopic (exact) mass is 341 g/mol. The molecule has 0 saturated heterocycles. The van der Waals surface area contributed by atoms with Crippen LogP contribution < -0.4 is 5.32 Å². The highest BCUT2D eigenvalue weighted by atomic mass is 79.9. The SMILES string of the molecule is Cc1cccc(C(=O)Nc2cc(F)ccc2Cl)c1Br. The third kappa shape index (κ3) is 3.14. The Morgan fingerprint density at radius 1 is 1.32 bits per heavy atom. The predicted molar refractivity (Wildman–Crippen MR) is 78.2 cm³/mol. The molecule has 0 radical (unpaired) electrons. The van der Waals surface area contributed by atoms with Gasteiger partial charge in [-0.25, -0.2) is 4.39 Å². The number of hydrogen-bond donors (Lipinski definition) is 1. The first-order chi connectivity index (χ1) is 8.99. The molecule has 0 saturated carbocycles. The number of benzene rings is 2. The van der Waals surface area contributed by atoms with Gasteiger partial charge in [-0.1, -0.05) is 23.7 Å². The summed E-state index contributed by atoms with van der Waals surface area (Å²) in [5.41, 5.74) is 1.67. The quantitative estimate of drug-likeness (QED) is 0.834. The van der Waals surface area contributed by atoms with E-state index in [0.717, 1.165) is 5.56 Å². The zero-order valence-electron chi connectivity index (χ0n) is 10.0. The number of carbonyl (C=O) groups is 1. The Bertz CT molecular complexity index is 645. The number of amides is 1. The van der Waals surface area contributed by atoms with Crippen molar-refractivity contribution in [1.29, 1.82) is 0 Å². The van der Waals surface area contributed by atoms with Crippen LogP contribution in [-0.4, -0.2) is 5.91 Å². The van der Waals surface area contributed by atoms with Crippen LogP contribution in [0.3, 0.4) is 0 Å². The number of rotatable bonds is 2. The second kappa shape index (κ2) is 5.72. The minimum atomic E-state index is -0.456. The number of carbonyl (C=O) groups excluding carboxylic acids is 1. The molecular formula is C14H10BrClFNO. The summed E-state index contributed by atoms with van der Waals surface area (Å²) in [6.07, 6.45) is 0. The molecule has 0 aromatic heterocycles. The fourth-order valence-electron chi connectivity index (χ4n) is 1.61. The van der Waals surface area contributed by atoms with E-state index in [-0.39, 0.29) is 11.6 Å². The van der Waals surface area contributed by atoms with E-state index in [2.05, 4.69) is 21.2 Å². The molecule has 1 N–H and O–H groups in total. The topological polar surface area (TPSA) is 29.1 Å². The van der Waals surface area contributed by atoms with Gasteiger partial charge in [-0.15, -0.1) is 0 Å². The number of halogens is 3. The Labute approximate surface area is 123 Å². The fourth-order valence-corrected chi connectivity index (χ4v) is 2.21. The van der Waals surface area contributed by atoms with E-state index < -0.39 is 5.82 Å². The second-order valence-corrected chi connectivity index (χ2v) is 5.21. The molecule has 5 heteroatoms. The third-order valence-electron chi connectivity index (χ3n) is 2.61. The lowest BCUT2D eigenvalue weighted by Gasteiger charge is -2.09. The summed E-state index contributed by atoms with van der Waals surface area (Å²) in [5.74, 6) is -0.800. The van der Waals surface area contributed by atoms with Crippen molar-refractivity contribution in [2.45, 2.75) is 6.92 Å². The average molecular weight is 343 g/mol. The molecule has 0 fully saturated rings. The first kappa shape index (κ1) is 14.0. The van der Waals surface area contributed by atoms with Gasteiger partial charge in [0.25, 0.3) is 5.91 Å². The normalized spacial score (nSPS) is 10.3. The van der Waals surface area contributed by atoms with Crippen LogP contribution >= 0.6 is 27.5 Å². The van der Waals surface area contributed by atoms with E-state index in [4.69, 9.17) is 11.6 Å². The van der Waals surface area contributed by atoms with Crippen molar-refractivity contribution in [1.82, 2.24) is 0 Å². The van der Waals surface area contributed by atoms with Gasteiger partial charge < -0.3 is 5.32 Å². The number of aryl methyl sites for hydroxylation is 1. The van der Waals surface area contributed by atoms with Crippen LogP contribution in [0.1, 0.15) is 15.9 Å². The molecule has 2 nitrogen and oxygen atoms in total. The lowest BCUT2D eigenvalue weighted by molar-refractivity contribution is 0.102. The number of nitrogens with one attached hydrogen (secondary N) is 1. The molecule has 0 unspecified atom stereocenters. The van der Waals surface area contributed by atoms with Gasteiger partial charge in [-0.05, 0) is 52.7 Å². The van der Waals surface area contributed by atoms with Crippen LogP contribution in [0.15, 0.2) is 40.9 Å². The molecule has 0 aliphatic heterocycles. The van der Waals surface area contributed by atoms with Crippen LogP contribution in [-0.2, 0) is 0 Å². The summed E-state index contributed by atoms with van der Waals surface area (Å²) in [7, 11) is 0. The number of hydrogen-bond acceptors (Lipinski definition) is 1. The number of anilines is 1. The molecule has 0 aliphatic rings. The molecule has 0 aliphatic carbocycles. The van der Waals surface area contributed by atoms with Crippen molar-refractivity contribution < 1.29 is 9.18 Å². The van der Waals surface area contributed by atoms with Crippen LogP contribution in [0.2, 0.25) is 5.02 Å². The largest absolute Gasteiger partial charge is 0.321 e. The van der Waals surface area contributed by atoms with E-state index in [9.17, 15) is 9.18 Å². The molecule has 98 valence electrons. The van der Waals surface area contributed by atoms with Gasteiger partial charge in [0.05, 0.1) is 16.3 Å². The molecule has 1 amide bonds. The summed E-state index contributed by atoms with van der Waals surface area (Å²) in [4.78, 5) is 12.1. The molecule has 2 rings (SSSR count). The lowest BCUT2D eigenvalue weighted by atomic mass is 10.1. The van der Waals surface area contributed by atoms with E-state index in [1.54, 1.807) is 12.1 Å². The van der Waals surface area contributed by atoms with Gasteiger partial charge in [0.2, 0.25) is 0 Å². The van der Waals surface area contributed by atoms with Gasteiger partial charge in [-0.3, -0.25) is 4.79 Å². The maximum atomic E-state index is 13.1. The standard InChI is InChI=1S/C14H10BrClFNO/c1-8-3-2-4-10(13(8)15)14(19)18-12-7-9(17)5-6-11(12)16/h2-7H,1H3,(H,18,19). The van der Waals surface area contributed by atoms with Crippen LogP contribution in [0, 0.1) is 12.7 Å². The maximum Gasteiger partial charge on any atom is 0.256 e. The smallest absolute Gasteiger partial charge is 0.256 e. The van der Waals surface area contributed by atoms with Crippen molar-refractivity contribution in [3.8, 4) is 0 Å². The zero-order valence-corrected chi connectivity index (χ0v) is 12.3. The molecule has 2 aromatic carbocycles. The summed E-state index contributed by atoms with van der Waals surface area (Å²) >= 11 is 9.26. The second-order valence-electron chi connectivity index (χ2n) is 4.01. The summed E-state index contributed by atoms with van der Waals surface area (Å²) in [6, 6.07) is 9.17. The summed E-state index contributed by atoms with van der Waals surface area (Å²) in [6.45, 7) is 1.88. The first-order valence-corrected chi connectivity index (χ1v) is 6.67. The molecule has 0 bridgehead atoms. The Morgan fingerprint density at radius 3 is 2.79 bits per heavy atom. The minimum Gasteiger partial charge on any atom is -0.321 e. The Morgan fingerprint density at radius 2 is 2.05 bits per heavy atom. The van der Waals surface area contributed by atoms with Gasteiger partial charge in [-0.2, -0.15) is 0 Å². The molecule has 0 atom stereocenters. The van der Waals surface area contributed by atoms with E-state index in [0.29, 0.717) is 15.1 Å². The molecule has 0 spiro atoms.